The molecule has 0 aromatic carbocycles. The second kappa shape index (κ2) is 7.25. The number of carbonyl (C=O) groups excluding carboxylic acids is 1. The standard InChI is InChI=1S/C11H14N2O4S2/c1-12-19(16,17)8-5-13-11(15)10-9(3-2-6-14)4-7-18-10/h4,7,12,14H,5-6,8H2,1H3,(H,13,15). The minimum absolute atomic E-state index is 0.0206. The number of nitrogens with one attached hydrogen (secondary N) is 2. The van der Waals surface area contributed by atoms with Crippen LogP contribution in [0.25, 0.3) is 0 Å². The van der Waals surface area contributed by atoms with E-state index >= 15 is 0 Å². The number of thiophene rings is 1. The van der Waals surface area contributed by atoms with Crippen LogP contribution in [-0.2, 0) is 10.0 Å². The molecule has 0 fully saturated rings. The molecule has 0 saturated carbocycles. The summed E-state index contributed by atoms with van der Waals surface area (Å²) in [5, 5.41) is 12.8. The molecule has 0 atom stereocenters. The molecule has 0 aliphatic carbocycles. The Morgan fingerprint density at radius 3 is 2.89 bits per heavy atom. The Morgan fingerprint density at radius 1 is 1.53 bits per heavy atom. The lowest BCUT2D eigenvalue weighted by Gasteiger charge is -2.04. The molecule has 3 N–H and O–H groups in total. The van der Waals surface area contributed by atoms with E-state index in [-0.39, 0.29) is 24.8 Å². The molecule has 6 nitrogen and oxygen atoms in total. The lowest BCUT2D eigenvalue weighted by molar-refractivity contribution is 0.0960. The summed E-state index contributed by atoms with van der Waals surface area (Å²) in [7, 11) is -2.01. The maximum absolute atomic E-state index is 11.8. The molecule has 1 aromatic rings. The minimum Gasteiger partial charge on any atom is -0.384 e. The van der Waals surface area contributed by atoms with Crippen molar-refractivity contribution in [3.05, 3.63) is 21.9 Å². The molecule has 0 radical (unpaired) electrons. The summed E-state index contributed by atoms with van der Waals surface area (Å²) in [5.41, 5.74) is 0.521. The minimum atomic E-state index is -3.33. The fourth-order valence-electron chi connectivity index (χ4n) is 1.20. The number of carbonyl (C=O) groups is 1. The summed E-state index contributed by atoms with van der Waals surface area (Å²) in [6.45, 7) is -0.260. The van der Waals surface area contributed by atoms with Gasteiger partial charge in [-0.1, -0.05) is 11.8 Å². The van der Waals surface area contributed by atoms with E-state index in [2.05, 4.69) is 21.9 Å². The Bertz CT molecular complexity index is 596. The average molecular weight is 302 g/mol. The first-order valence-corrected chi connectivity index (χ1v) is 7.90. The third-order valence-corrected chi connectivity index (χ3v) is 4.42. The van der Waals surface area contributed by atoms with Crippen molar-refractivity contribution in [3.8, 4) is 11.8 Å². The van der Waals surface area contributed by atoms with Crippen LogP contribution >= 0.6 is 11.3 Å². The lowest BCUT2D eigenvalue weighted by Crippen LogP contribution is -2.32. The van der Waals surface area contributed by atoms with E-state index in [1.54, 1.807) is 11.4 Å². The summed E-state index contributed by atoms with van der Waals surface area (Å²) in [6.07, 6.45) is 0. The molecule has 8 heteroatoms. The van der Waals surface area contributed by atoms with Crippen LogP contribution < -0.4 is 10.0 Å². The maximum Gasteiger partial charge on any atom is 0.262 e. The molecule has 0 bridgehead atoms. The van der Waals surface area contributed by atoms with E-state index in [1.165, 1.54) is 18.4 Å². The fraction of sp³-hybridized carbons (Fsp3) is 0.364. The van der Waals surface area contributed by atoms with Crippen LogP contribution in [-0.4, -0.2) is 45.4 Å². The Kier molecular flexibility index (Phi) is 5.98. The van der Waals surface area contributed by atoms with Crippen LogP contribution in [0.4, 0.5) is 0 Å². The molecule has 0 unspecified atom stereocenters. The predicted octanol–water partition coefficient (Wildman–Crippen LogP) is -0.629. The molecule has 1 heterocycles. The van der Waals surface area contributed by atoms with Crippen LogP contribution in [0, 0.1) is 11.8 Å². The van der Waals surface area contributed by atoms with Gasteiger partial charge in [-0.15, -0.1) is 11.3 Å². The topological polar surface area (TPSA) is 95.5 Å². The van der Waals surface area contributed by atoms with Gasteiger partial charge in [0, 0.05) is 12.1 Å². The van der Waals surface area contributed by atoms with Gasteiger partial charge in [0.05, 0.1) is 5.75 Å². The summed E-state index contributed by atoms with van der Waals surface area (Å²) in [4.78, 5) is 12.2. The zero-order valence-corrected chi connectivity index (χ0v) is 11.9. The largest absolute Gasteiger partial charge is 0.384 e. The van der Waals surface area contributed by atoms with Gasteiger partial charge in [0.15, 0.2) is 0 Å². The maximum atomic E-state index is 11.8. The molecule has 1 rings (SSSR count). The van der Waals surface area contributed by atoms with Crippen molar-refractivity contribution in [3.63, 3.8) is 0 Å². The lowest BCUT2D eigenvalue weighted by atomic mass is 10.2. The van der Waals surface area contributed by atoms with E-state index in [9.17, 15) is 13.2 Å². The van der Waals surface area contributed by atoms with E-state index in [1.807, 2.05) is 0 Å². The van der Waals surface area contributed by atoms with Gasteiger partial charge < -0.3 is 10.4 Å². The Balaban J connectivity index is 2.62. The summed E-state index contributed by atoms with van der Waals surface area (Å²) in [6, 6.07) is 1.67. The number of hydrogen-bond acceptors (Lipinski definition) is 5. The number of aliphatic hydroxyl groups excluding tert-OH is 1. The van der Waals surface area contributed by atoms with Crippen molar-refractivity contribution in [2.45, 2.75) is 0 Å². The number of aliphatic hydroxyl groups is 1. The van der Waals surface area contributed by atoms with Crippen LogP contribution in [0.1, 0.15) is 15.2 Å². The van der Waals surface area contributed by atoms with E-state index in [0.29, 0.717) is 10.4 Å². The molecule has 0 aliphatic rings. The molecule has 1 amide bonds. The highest BCUT2D eigenvalue weighted by molar-refractivity contribution is 7.89. The van der Waals surface area contributed by atoms with Gasteiger partial charge in [-0.25, -0.2) is 13.1 Å². The van der Waals surface area contributed by atoms with E-state index in [4.69, 9.17) is 5.11 Å². The summed E-state index contributed by atoms with van der Waals surface area (Å²) < 4.78 is 24.5. The monoisotopic (exact) mass is 302 g/mol. The van der Waals surface area contributed by atoms with Gasteiger partial charge in [-0.05, 0) is 18.5 Å². The highest BCUT2D eigenvalue weighted by Crippen LogP contribution is 2.15. The van der Waals surface area contributed by atoms with Crippen molar-refractivity contribution < 1.29 is 18.3 Å². The van der Waals surface area contributed by atoms with Gasteiger partial charge in [-0.2, -0.15) is 0 Å². The molecule has 19 heavy (non-hydrogen) atoms. The number of rotatable bonds is 5. The van der Waals surface area contributed by atoms with Gasteiger partial charge in [0.2, 0.25) is 10.0 Å². The molecule has 1 aromatic heterocycles. The normalized spacial score (nSPS) is 10.6. The Morgan fingerprint density at radius 2 is 2.26 bits per heavy atom. The number of sulfonamides is 1. The van der Waals surface area contributed by atoms with Gasteiger partial charge in [-0.3, -0.25) is 4.79 Å². The second-order valence-electron chi connectivity index (χ2n) is 3.40. The molecule has 104 valence electrons. The smallest absolute Gasteiger partial charge is 0.262 e. The van der Waals surface area contributed by atoms with Crippen LogP contribution in [0.5, 0.6) is 0 Å². The Labute approximate surface area is 115 Å². The Hall–Kier alpha value is -1.40. The number of hydrogen-bond donors (Lipinski definition) is 3. The highest BCUT2D eigenvalue weighted by atomic mass is 32.2. The van der Waals surface area contributed by atoms with Crippen LogP contribution in [0.3, 0.4) is 0 Å². The predicted molar refractivity (Wildman–Crippen MR) is 73.5 cm³/mol. The summed E-state index contributed by atoms with van der Waals surface area (Å²) >= 11 is 1.21. The van der Waals surface area contributed by atoms with Crippen LogP contribution in [0.15, 0.2) is 11.4 Å². The average Bonchev–Trinajstić information content (AvgIpc) is 2.84. The second-order valence-corrected chi connectivity index (χ2v) is 6.36. The zero-order valence-electron chi connectivity index (χ0n) is 10.3. The quantitative estimate of drug-likeness (QED) is 0.631. The van der Waals surface area contributed by atoms with Crippen molar-refractivity contribution in [2.24, 2.45) is 0 Å². The third-order valence-electron chi connectivity index (χ3n) is 2.14. The number of amides is 1. The highest BCUT2D eigenvalue weighted by Gasteiger charge is 2.13. The molecule has 0 saturated heterocycles. The van der Waals surface area contributed by atoms with Crippen molar-refractivity contribution in [2.75, 3.05) is 26.0 Å². The zero-order chi connectivity index (χ0) is 14.3. The first kappa shape index (κ1) is 15.7. The molecule has 0 spiro atoms. The third kappa shape index (κ3) is 5.00. The van der Waals surface area contributed by atoms with Crippen molar-refractivity contribution in [1.29, 1.82) is 0 Å². The molecular weight excluding hydrogens is 288 g/mol. The van der Waals surface area contributed by atoms with Crippen molar-refractivity contribution >= 4 is 27.3 Å². The molecule has 0 aliphatic heterocycles. The molecular formula is C11H14N2O4S2. The van der Waals surface area contributed by atoms with Crippen LogP contribution in [0.2, 0.25) is 0 Å². The van der Waals surface area contributed by atoms with Gasteiger partial charge >= 0.3 is 0 Å². The fourth-order valence-corrected chi connectivity index (χ4v) is 2.54. The van der Waals surface area contributed by atoms with Gasteiger partial charge in [0.1, 0.15) is 11.5 Å². The first-order valence-electron chi connectivity index (χ1n) is 5.37. The van der Waals surface area contributed by atoms with E-state index in [0.717, 1.165) is 0 Å². The van der Waals surface area contributed by atoms with Crippen molar-refractivity contribution in [1.82, 2.24) is 10.0 Å². The van der Waals surface area contributed by atoms with E-state index < -0.39 is 10.0 Å². The summed E-state index contributed by atoms with van der Waals surface area (Å²) in [5.74, 6) is 4.57. The SMILES string of the molecule is CNS(=O)(=O)CCNC(=O)c1sccc1C#CCO. The first-order chi connectivity index (χ1) is 9.00. The van der Waals surface area contributed by atoms with Gasteiger partial charge in [0.25, 0.3) is 5.91 Å².